The molecule has 2 aromatic rings. The fourth-order valence-electron chi connectivity index (χ4n) is 1.66. The van der Waals surface area contributed by atoms with E-state index >= 15 is 0 Å². The second kappa shape index (κ2) is 4.20. The minimum atomic E-state index is -4.18. The fourth-order valence-corrected chi connectivity index (χ4v) is 1.66. The number of nitrogens with zero attached hydrogens (tertiary/aromatic N) is 1. The summed E-state index contributed by atoms with van der Waals surface area (Å²) in [5, 5.41) is 1.57. The molecule has 0 amide bonds. The molecule has 17 heavy (non-hydrogen) atoms. The summed E-state index contributed by atoms with van der Waals surface area (Å²) in [6.07, 6.45) is -1.89. The maximum Gasteiger partial charge on any atom is 0.393 e. The summed E-state index contributed by atoms with van der Waals surface area (Å²) >= 11 is 0. The number of hydrogen-bond acceptors (Lipinski definition) is 1. The van der Waals surface area contributed by atoms with Crippen LogP contribution in [0.15, 0.2) is 37.0 Å². The molecule has 0 spiro atoms. The third-order valence-corrected chi connectivity index (χ3v) is 2.42. The van der Waals surface area contributed by atoms with E-state index in [1.54, 1.807) is 24.4 Å². The minimum Gasteiger partial charge on any atom is -0.256 e. The van der Waals surface area contributed by atoms with Gasteiger partial charge in [0, 0.05) is 11.6 Å². The van der Waals surface area contributed by atoms with Crippen LogP contribution in [-0.4, -0.2) is 11.2 Å². The molecule has 0 N–H and O–H groups in total. The molecule has 4 heteroatoms. The summed E-state index contributed by atoms with van der Waals surface area (Å²) in [6.45, 7) is 3.58. The normalized spacial score (nSPS) is 11.7. The van der Waals surface area contributed by atoms with E-state index in [1.165, 1.54) is 12.1 Å². The predicted molar refractivity (Wildman–Crippen MR) is 61.6 cm³/mol. The van der Waals surface area contributed by atoms with Gasteiger partial charge in [0.25, 0.3) is 0 Å². The van der Waals surface area contributed by atoms with Gasteiger partial charge in [0.05, 0.1) is 12.1 Å². The molecular formula is C13H10F3N. The van der Waals surface area contributed by atoms with Crippen molar-refractivity contribution in [2.24, 2.45) is 0 Å². The molecule has 0 aliphatic carbocycles. The van der Waals surface area contributed by atoms with Gasteiger partial charge < -0.3 is 0 Å². The first-order valence-corrected chi connectivity index (χ1v) is 5.06. The van der Waals surface area contributed by atoms with E-state index in [4.69, 9.17) is 0 Å². The van der Waals surface area contributed by atoms with Crippen LogP contribution in [0.5, 0.6) is 0 Å². The summed E-state index contributed by atoms with van der Waals surface area (Å²) < 4.78 is 36.8. The standard InChI is InChI=1S/C13H10F3N/c1-2-12-6-11-5-9(7-13(14,15)16)3-4-10(11)8-17-12/h2-6,8H,1,7H2. The van der Waals surface area contributed by atoms with Crippen molar-refractivity contribution in [3.8, 4) is 0 Å². The van der Waals surface area contributed by atoms with Crippen LogP contribution in [0.4, 0.5) is 13.2 Å². The van der Waals surface area contributed by atoms with Crippen LogP contribution < -0.4 is 0 Å². The predicted octanol–water partition coefficient (Wildman–Crippen LogP) is 3.98. The van der Waals surface area contributed by atoms with E-state index < -0.39 is 12.6 Å². The summed E-state index contributed by atoms with van der Waals surface area (Å²) in [7, 11) is 0. The van der Waals surface area contributed by atoms with Crippen LogP contribution in [0, 0.1) is 0 Å². The van der Waals surface area contributed by atoms with Crippen molar-refractivity contribution in [3.63, 3.8) is 0 Å². The van der Waals surface area contributed by atoms with Gasteiger partial charge in [-0.2, -0.15) is 13.2 Å². The van der Waals surface area contributed by atoms with Crippen LogP contribution >= 0.6 is 0 Å². The number of alkyl halides is 3. The molecule has 0 aliphatic heterocycles. The highest BCUT2D eigenvalue weighted by molar-refractivity contribution is 5.83. The lowest BCUT2D eigenvalue weighted by Gasteiger charge is -2.07. The Labute approximate surface area is 96.6 Å². The van der Waals surface area contributed by atoms with Gasteiger partial charge in [0.1, 0.15) is 0 Å². The molecular weight excluding hydrogens is 227 g/mol. The second-order valence-corrected chi connectivity index (χ2v) is 3.79. The Morgan fingerprint density at radius 2 is 1.94 bits per heavy atom. The molecule has 0 saturated carbocycles. The van der Waals surface area contributed by atoms with Crippen LogP contribution in [0.2, 0.25) is 0 Å². The zero-order chi connectivity index (χ0) is 12.5. The topological polar surface area (TPSA) is 12.9 Å². The lowest BCUT2D eigenvalue weighted by molar-refractivity contribution is -0.127. The summed E-state index contributed by atoms with van der Waals surface area (Å²) in [4.78, 5) is 4.09. The summed E-state index contributed by atoms with van der Waals surface area (Å²) in [5.74, 6) is 0. The Hall–Kier alpha value is -1.84. The highest BCUT2D eigenvalue weighted by Gasteiger charge is 2.27. The van der Waals surface area contributed by atoms with Gasteiger partial charge in [0.15, 0.2) is 0 Å². The first-order valence-electron chi connectivity index (χ1n) is 5.06. The average Bonchev–Trinajstić information content (AvgIpc) is 2.26. The van der Waals surface area contributed by atoms with E-state index in [2.05, 4.69) is 11.6 Å². The zero-order valence-electron chi connectivity index (χ0n) is 8.96. The van der Waals surface area contributed by atoms with Crippen molar-refractivity contribution in [1.29, 1.82) is 0 Å². The SMILES string of the molecule is C=Cc1cc2cc(CC(F)(F)F)ccc2cn1. The van der Waals surface area contributed by atoms with Gasteiger partial charge in [-0.1, -0.05) is 24.8 Å². The fraction of sp³-hybridized carbons (Fsp3) is 0.154. The number of hydrogen-bond donors (Lipinski definition) is 0. The maximum absolute atomic E-state index is 12.3. The molecule has 0 bridgehead atoms. The zero-order valence-corrected chi connectivity index (χ0v) is 8.96. The Bertz CT molecular complexity index is 558. The van der Waals surface area contributed by atoms with Crippen molar-refractivity contribution in [2.45, 2.75) is 12.6 Å². The number of fused-ring (bicyclic) bond motifs is 1. The number of benzene rings is 1. The molecule has 0 saturated heterocycles. The average molecular weight is 237 g/mol. The lowest BCUT2D eigenvalue weighted by atomic mass is 10.1. The van der Waals surface area contributed by atoms with Gasteiger partial charge in [-0.15, -0.1) is 0 Å². The molecule has 1 nitrogen and oxygen atoms in total. The van der Waals surface area contributed by atoms with Gasteiger partial charge in [-0.3, -0.25) is 4.98 Å². The van der Waals surface area contributed by atoms with E-state index in [0.717, 1.165) is 10.8 Å². The first-order chi connectivity index (χ1) is 7.98. The number of rotatable bonds is 2. The van der Waals surface area contributed by atoms with Crippen LogP contribution in [0.1, 0.15) is 11.3 Å². The van der Waals surface area contributed by atoms with Crippen LogP contribution in [0.25, 0.3) is 16.8 Å². The summed E-state index contributed by atoms with van der Waals surface area (Å²) in [5.41, 5.74) is 0.910. The molecule has 0 atom stereocenters. The van der Waals surface area contributed by atoms with E-state index in [1.807, 2.05) is 0 Å². The largest absolute Gasteiger partial charge is 0.393 e. The third kappa shape index (κ3) is 2.84. The highest BCUT2D eigenvalue weighted by Crippen LogP contribution is 2.24. The Kier molecular flexibility index (Phi) is 2.88. The molecule has 88 valence electrons. The molecule has 0 fully saturated rings. The highest BCUT2D eigenvalue weighted by atomic mass is 19.4. The first kappa shape index (κ1) is 11.6. The van der Waals surface area contributed by atoms with E-state index in [0.29, 0.717) is 5.69 Å². The second-order valence-electron chi connectivity index (χ2n) is 3.79. The Balaban J connectivity index is 2.44. The third-order valence-electron chi connectivity index (χ3n) is 2.42. The van der Waals surface area contributed by atoms with Crippen molar-refractivity contribution >= 4 is 16.8 Å². The number of halogens is 3. The van der Waals surface area contributed by atoms with Crippen molar-refractivity contribution < 1.29 is 13.2 Å². The van der Waals surface area contributed by atoms with Crippen molar-refractivity contribution in [1.82, 2.24) is 4.98 Å². The van der Waals surface area contributed by atoms with Crippen molar-refractivity contribution in [2.75, 3.05) is 0 Å². The molecule has 1 aromatic heterocycles. The number of pyridine rings is 1. The molecule has 2 rings (SSSR count). The molecule has 1 heterocycles. The Morgan fingerprint density at radius 3 is 2.59 bits per heavy atom. The molecule has 0 unspecified atom stereocenters. The van der Waals surface area contributed by atoms with Gasteiger partial charge in [-0.05, 0) is 23.1 Å². The van der Waals surface area contributed by atoms with Crippen LogP contribution in [0.3, 0.4) is 0 Å². The monoisotopic (exact) mass is 237 g/mol. The minimum absolute atomic E-state index is 0.256. The van der Waals surface area contributed by atoms with Gasteiger partial charge >= 0.3 is 6.18 Å². The van der Waals surface area contributed by atoms with Gasteiger partial charge in [0.2, 0.25) is 0 Å². The Morgan fingerprint density at radius 1 is 1.18 bits per heavy atom. The molecule has 1 aromatic carbocycles. The smallest absolute Gasteiger partial charge is 0.256 e. The molecule has 0 radical (unpaired) electrons. The molecule has 0 aliphatic rings. The maximum atomic E-state index is 12.3. The summed E-state index contributed by atoms with van der Waals surface area (Å²) in [6, 6.07) is 6.39. The lowest BCUT2D eigenvalue weighted by Crippen LogP contribution is -2.11. The van der Waals surface area contributed by atoms with E-state index in [-0.39, 0.29) is 5.56 Å². The quantitative estimate of drug-likeness (QED) is 0.769. The van der Waals surface area contributed by atoms with Crippen LogP contribution in [-0.2, 0) is 6.42 Å². The van der Waals surface area contributed by atoms with E-state index in [9.17, 15) is 13.2 Å². The van der Waals surface area contributed by atoms with Gasteiger partial charge in [-0.25, -0.2) is 0 Å². The number of aromatic nitrogens is 1. The van der Waals surface area contributed by atoms with Crippen molar-refractivity contribution in [3.05, 3.63) is 48.3 Å².